The summed E-state index contributed by atoms with van der Waals surface area (Å²) in [5, 5.41) is 17.8. The zero-order valence-corrected chi connectivity index (χ0v) is 15.5. The molecule has 0 bridgehead atoms. The first-order valence-electron chi connectivity index (χ1n) is 7.90. The predicted octanol–water partition coefficient (Wildman–Crippen LogP) is 3.57. The largest absolute Gasteiger partial charge is 0.347 e. The van der Waals surface area contributed by atoms with Crippen LogP contribution in [-0.4, -0.2) is 26.1 Å². The molecule has 25 heavy (non-hydrogen) atoms. The first-order chi connectivity index (χ1) is 12.0. The minimum atomic E-state index is -0.157. The van der Waals surface area contributed by atoms with Crippen molar-refractivity contribution in [3.63, 3.8) is 0 Å². The van der Waals surface area contributed by atoms with E-state index < -0.39 is 0 Å². The predicted molar refractivity (Wildman–Crippen MR) is 98.3 cm³/mol. The van der Waals surface area contributed by atoms with Crippen molar-refractivity contribution in [1.29, 1.82) is 0 Å². The van der Waals surface area contributed by atoms with Gasteiger partial charge in [-0.1, -0.05) is 43.6 Å². The summed E-state index contributed by atoms with van der Waals surface area (Å²) in [6.45, 7) is 4.16. The van der Waals surface area contributed by atoms with E-state index in [1.165, 1.54) is 4.80 Å². The fourth-order valence-electron chi connectivity index (χ4n) is 2.44. The van der Waals surface area contributed by atoms with Gasteiger partial charge in [0.25, 0.3) is 0 Å². The maximum atomic E-state index is 12.4. The molecule has 3 rings (SSSR count). The zero-order chi connectivity index (χ0) is 17.8. The van der Waals surface area contributed by atoms with E-state index in [0.717, 1.165) is 4.88 Å². The molecule has 8 heteroatoms. The average molecular weight is 376 g/mol. The lowest BCUT2D eigenvalue weighted by Crippen LogP contribution is -2.34. The van der Waals surface area contributed by atoms with Crippen LogP contribution in [-0.2, 0) is 11.3 Å². The summed E-state index contributed by atoms with van der Waals surface area (Å²) >= 11 is 7.77. The van der Waals surface area contributed by atoms with Crippen LogP contribution >= 0.6 is 22.9 Å². The van der Waals surface area contributed by atoms with Gasteiger partial charge in [-0.3, -0.25) is 4.79 Å². The van der Waals surface area contributed by atoms with Gasteiger partial charge in [-0.05, 0) is 34.7 Å². The Balaban J connectivity index is 1.68. The van der Waals surface area contributed by atoms with Gasteiger partial charge >= 0.3 is 0 Å². The topological polar surface area (TPSA) is 72.7 Å². The number of rotatable bonds is 6. The van der Waals surface area contributed by atoms with Crippen LogP contribution in [0.5, 0.6) is 0 Å². The first-order valence-corrected chi connectivity index (χ1v) is 9.16. The maximum Gasteiger partial charge on any atom is 0.244 e. The summed E-state index contributed by atoms with van der Waals surface area (Å²) in [6, 6.07) is 11.2. The fourth-order valence-corrected chi connectivity index (χ4v) is 3.61. The zero-order valence-electron chi connectivity index (χ0n) is 13.9. The highest BCUT2D eigenvalue weighted by molar-refractivity contribution is 7.10. The molecule has 0 spiro atoms. The lowest BCUT2D eigenvalue weighted by Gasteiger charge is -2.21. The smallest absolute Gasteiger partial charge is 0.244 e. The van der Waals surface area contributed by atoms with E-state index in [1.54, 1.807) is 17.4 Å². The van der Waals surface area contributed by atoms with E-state index >= 15 is 0 Å². The van der Waals surface area contributed by atoms with Crippen molar-refractivity contribution in [1.82, 2.24) is 25.5 Å². The third kappa shape index (κ3) is 4.24. The van der Waals surface area contributed by atoms with Gasteiger partial charge in [0.05, 0.1) is 11.1 Å². The Morgan fingerprint density at radius 3 is 2.76 bits per heavy atom. The number of benzene rings is 1. The van der Waals surface area contributed by atoms with Crippen molar-refractivity contribution in [3.8, 4) is 11.4 Å². The minimum Gasteiger partial charge on any atom is -0.347 e. The Hall–Kier alpha value is -2.25. The number of tetrazole rings is 1. The lowest BCUT2D eigenvalue weighted by molar-refractivity contribution is -0.123. The molecule has 1 amide bonds. The molecule has 0 aliphatic heterocycles. The van der Waals surface area contributed by atoms with E-state index in [9.17, 15) is 4.79 Å². The molecule has 3 aromatic rings. The molecule has 0 saturated carbocycles. The highest BCUT2D eigenvalue weighted by Gasteiger charge is 2.20. The van der Waals surface area contributed by atoms with E-state index in [0.29, 0.717) is 16.4 Å². The number of aromatic nitrogens is 4. The van der Waals surface area contributed by atoms with Gasteiger partial charge in [0.1, 0.15) is 6.54 Å². The van der Waals surface area contributed by atoms with Crippen LogP contribution in [0.15, 0.2) is 41.8 Å². The molecule has 0 fully saturated rings. The third-order valence-electron chi connectivity index (χ3n) is 3.69. The monoisotopic (exact) mass is 375 g/mol. The number of nitrogens with one attached hydrogen (secondary N) is 1. The Bertz CT molecular complexity index is 846. The number of thiophene rings is 1. The van der Waals surface area contributed by atoms with Crippen molar-refractivity contribution in [2.45, 2.75) is 26.4 Å². The van der Waals surface area contributed by atoms with E-state index in [1.807, 2.05) is 35.7 Å². The quantitative estimate of drug-likeness (QED) is 0.714. The maximum absolute atomic E-state index is 12.4. The number of halogens is 1. The summed E-state index contributed by atoms with van der Waals surface area (Å²) in [5.41, 5.74) is 0.689. The molecule has 1 aromatic carbocycles. The van der Waals surface area contributed by atoms with Crippen LogP contribution in [0.4, 0.5) is 0 Å². The molecule has 0 aliphatic carbocycles. The summed E-state index contributed by atoms with van der Waals surface area (Å²) in [6.07, 6.45) is 0. The normalized spacial score (nSPS) is 12.3. The minimum absolute atomic E-state index is 0.00600. The van der Waals surface area contributed by atoms with Gasteiger partial charge < -0.3 is 5.32 Å². The molecule has 2 heterocycles. The van der Waals surface area contributed by atoms with Crippen molar-refractivity contribution < 1.29 is 4.79 Å². The van der Waals surface area contributed by atoms with Gasteiger partial charge in [-0.2, -0.15) is 4.80 Å². The van der Waals surface area contributed by atoms with Crippen LogP contribution in [0.1, 0.15) is 24.8 Å². The number of amides is 1. The number of carbonyl (C=O) groups is 1. The number of hydrogen-bond donors (Lipinski definition) is 1. The van der Waals surface area contributed by atoms with Crippen LogP contribution in [0, 0.1) is 5.92 Å². The summed E-state index contributed by atoms with van der Waals surface area (Å²) in [5.74, 6) is 0.525. The van der Waals surface area contributed by atoms with Gasteiger partial charge in [-0.25, -0.2) is 0 Å². The van der Waals surface area contributed by atoms with Gasteiger partial charge in [0, 0.05) is 10.4 Å². The summed E-state index contributed by atoms with van der Waals surface area (Å²) in [7, 11) is 0. The summed E-state index contributed by atoms with van der Waals surface area (Å²) in [4.78, 5) is 14.8. The Labute approximate surface area is 154 Å². The van der Waals surface area contributed by atoms with Gasteiger partial charge in [0.2, 0.25) is 11.7 Å². The molecular weight excluding hydrogens is 358 g/mol. The lowest BCUT2D eigenvalue weighted by atomic mass is 10.0. The Kier molecular flexibility index (Phi) is 5.45. The van der Waals surface area contributed by atoms with E-state index in [4.69, 9.17) is 11.6 Å². The van der Waals surface area contributed by atoms with E-state index in [2.05, 4.69) is 34.6 Å². The standard InChI is InChI=1S/C17H18ClN5OS/c1-11(2)16(14-8-5-9-25-14)19-15(24)10-23-21-17(20-22-23)12-6-3-4-7-13(12)18/h3-9,11,16H,10H2,1-2H3,(H,19,24). The summed E-state index contributed by atoms with van der Waals surface area (Å²) < 4.78 is 0. The van der Waals surface area contributed by atoms with Crippen LogP contribution in [0.2, 0.25) is 5.02 Å². The molecule has 1 N–H and O–H groups in total. The highest BCUT2D eigenvalue weighted by Crippen LogP contribution is 2.26. The van der Waals surface area contributed by atoms with E-state index in [-0.39, 0.29) is 24.4 Å². The van der Waals surface area contributed by atoms with Crippen molar-refractivity contribution >= 4 is 28.8 Å². The molecule has 1 unspecified atom stereocenters. The molecule has 0 aliphatic rings. The average Bonchev–Trinajstić information content (AvgIpc) is 3.24. The second-order valence-electron chi connectivity index (χ2n) is 5.93. The van der Waals surface area contributed by atoms with Gasteiger partial charge in [0.15, 0.2) is 0 Å². The van der Waals surface area contributed by atoms with Crippen LogP contribution in [0.3, 0.4) is 0 Å². The number of carbonyl (C=O) groups excluding carboxylic acids is 1. The van der Waals surface area contributed by atoms with Crippen molar-refractivity contribution in [3.05, 3.63) is 51.7 Å². The SMILES string of the molecule is CC(C)C(NC(=O)Cn1nnc(-c2ccccc2Cl)n1)c1cccs1. The second-order valence-corrected chi connectivity index (χ2v) is 7.31. The van der Waals surface area contributed by atoms with Crippen LogP contribution in [0.25, 0.3) is 11.4 Å². The first kappa shape index (κ1) is 17.6. The fraction of sp³-hybridized carbons (Fsp3) is 0.294. The molecule has 130 valence electrons. The second kappa shape index (κ2) is 7.76. The number of nitrogens with zero attached hydrogens (tertiary/aromatic N) is 4. The Morgan fingerprint density at radius 2 is 2.08 bits per heavy atom. The van der Waals surface area contributed by atoms with Crippen molar-refractivity contribution in [2.75, 3.05) is 0 Å². The molecule has 0 saturated heterocycles. The molecule has 2 aromatic heterocycles. The highest BCUT2D eigenvalue weighted by atomic mass is 35.5. The third-order valence-corrected chi connectivity index (χ3v) is 4.97. The molecule has 1 atom stereocenters. The van der Waals surface area contributed by atoms with Gasteiger partial charge in [-0.15, -0.1) is 21.5 Å². The molecule has 6 nitrogen and oxygen atoms in total. The molecular formula is C17H18ClN5OS. The van der Waals surface area contributed by atoms with Crippen LogP contribution < -0.4 is 5.32 Å². The molecule has 0 radical (unpaired) electrons. The van der Waals surface area contributed by atoms with Crippen molar-refractivity contribution in [2.24, 2.45) is 5.92 Å². The Morgan fingerprint density at radius 1 is 1.28 bits per heavy atom. The number of hydrogen-bond acceptors (Lipinski definition) is 5.